The van der Waals surface area contributed by atoms with E-state index in [0.29, 0.717) is 0 Å². The molecule has 0 bridgehead atoms. The molecule has 0 radical (unpaired) electrons. The van der Waals surface area contributed by atoms with E-state index in [1.54, 1.807) is 13.8 Å². The molecule has 6 nitrogen and oxygen atoms in total. The summed E-state index contributed by atoms with van der Waals surface area (Å²) in [5.41, 5.74) is 5.52. The number of hydrogen-bond acceptors (Lipinski definition) is 6. The highest BCUT2D eigenvalue weighted by Gasteiger charge is 2.54. The molecule has 6 heteroatoms. The van der Waals surface area contributed by atoms with Crippen LogP contribution in [0.1, 0.15) is 13.8 Å². The minimum absolute atomic E-state index is 0.216. The van der Waals surface area contributed by atoms with Crippen LogP contribution in [-0.2, 0) is 18.9 Å². The van der Waals surface area contributed by atoms with Gasteiger partial charge >= 0.3 is 0 Å². The molecule has 2 fully saturated rings. The lowest BCUT2D eigenvalue weighted by molar-refractivity contribution is -0.264. The van der Waals surface area contributed by atoms with Gasteiger partial charge in [0.15, 0.2) is 12.1 Å². The van der Waals surface area contributed by atoms with Gasteiger partial charge in [-0.25, -0.2) is 0 Å². The van der Waals surface area contributed by atoms with E-state index in [1.807, 2.05) is 0 Å². The quantitative estimate of drug-likeness (QED) is 0.649. The van der Waals surface area contributed by atoms with Crippen LogP contribution in [0.5, 0.6) is 0 Å². The summed E-state index contributed by atoms with van der Waals surface area (Å²) in [6.07, 6.45) is -2.70. The van der Waals surface area contributed by atoms with E-state index < -0.39 is 36.5 Å². The predicted octanol–water partition coefficient (Wildman–Crippen LogP) is -0.803. The van der Waals surface area contributed by atoms with Crippen LogP contribution in [0.2, 0.25) is 0 Å². The highest BCUT2D eigenvalue weighted by molar-refractivity contribution is 4.96. The van der Waals surface area contributed by atoms with E-state index in [2.05, 4.69) is 0 Å². The average Bonchev–Trinajstić information content (AvgIpc) is 2.55. The average molecular weight is 233 g/mol. The molecule has 94 valence electrons. The van der Waals surface area contributed by atoms with Gasteiger partial charge in [0, 0.05) is 13.7 Å². The number of hydrogen-bond donors (Lipinski definition) is 2. The van der Waals surface area contributed by atoms with Gasteiger partial charge in [-0.3, -0.25) is 0 Å². The third kappa shape index (κ3) is 1.97. The zero-order valence-electron chi connectivity index (χ0n) is 9.75. The van der Waals surface area contributed by atoms with Crippen LogP contribution >= 0.6 is 0 Å². The molecule has 2 aliphatic heterocycles. The first kappa shape index (κ1) is 12.2. The molecule has 2 unspecified atom stereocenters. The summed E-state index contributed by atoms with van der Waals surface area (Å²) in [6, 6.07) is 0. The fraction of sp³-hybridized carbons (Fsp3) is 1.00. The number of aliphatic hydroxyl groups excluding tert-OH is 1. The van der Waals surface area contributed by atoms with Crippen LogP contribution in [0, 0.1) is 0 Å². The first-order valence-corrected chi connectivity index (χ1v) is 5.40. The monoisotopic (exact) mass is 233 g/mol. The summed E-state index contributed by atoms with van der Waals surface area (Å²) in [4.78, 5) is 0. The van der Waals surface area contributed by atoms with Crippen molar-refractivity contribution in [3.8, 4) is 0 Å². The Bertz CT molecular complexity index is 260. The highest BCUT2D eigenvalue weighted by Crippen LogP contribution is 2.37. The fourth-order valence-electron chi connectivity index (χ4n) is 2.22. The van der Waals surface area contributed by atoms with Gasteiger partial charge in [0.25, 0.3) is 0 Å². The molecule has 5 atom stereocenters. The Morgan fingerprint density at radius 3 is 2.50 bits per heavy atom. The number of rotatable bonds is 2. The van der Waals surface area contributed by atoms with Crippen molar-refractivity contribution in [2.45, 2.75) is 50.3 Å². The third-order valence-electron chi connectivity index (χ3n) is 2.92. The molecule has 0 aromatic rings. The lowest BCUT2D eigenvalue weighted by Crippen LogP contribution is -2.58. The SMILES string of the molecule is CO[C@H]1OC(CN)[C@H](O)C2OC(C)(C)O[C@@H]21. The summed E-state index contributed by atoms with van der Waals surface area (Å²) < 4.78 is 22.0. The summed E-state index contributed by atoms with van der Waals surface area (Å²) in [5.74, 6) is -0.736. The van der Waals surface area contributed by atoms with Gasteiger partial charge in [0.05, 0.1) is 0 Å². The number of fused-ring (bicyclic) bond motifs is 1. The molecule has 3 N–H and O–H groups in total. The lowest BCUT2D eigenvalue weighted by Gasteiger charge is -2.38. The van der Waals surface area contributed by atoms with E-state index in [9.17, 15) is 5.11 Å². The molecule has 0 aromatic carbocycles. The van der Waals surface area contributed by atoms with Gasteiger partial charge in [-0.05, 0) is 13.8 Å². The first-order chi connectivity index (χ1) is 7.48. The Morgan fingerprint density at radius 1 is 1.31 bits per heavy atom. The van der Waals surface area contributed by atoms with Crippen LogP contribution < -0.4 is 5.73 Å². The van der Waals surface area contributed by atoms with E-state index in [0.717, 1.165) is 0 Å². The number of ether oxygens (including phenoxy) is 4. The summed E-state index contributed by atoms with van der Waals surface area (Å²) in [7, 11) is 1.53. The smallest absolute Gasteiger partial charge is 0.186 e. The Hall–Kier alpha value is -0.240. The normalized spacial score (nSPS) is 46.7. The van der Waals surface area contributed by atoms with Crippen LogP contribution in [0.25, 0.3) is 0 Å². The summed E-state index contributed by atoms with van der Waals surface area (Å²) in [6.45, 7) is 3.80. The molecule has 0 aliphatic carbocycles. The second kappa shape index (κ2) is 4.21. The minimum atomic E-state index is -0.789. The molecule has 0 amide bonds. The second-order valence-electron chi connectivity index (χ2n) is 4.57. The van der Waals surface area contributed by atoms with Crippen molar-refractivity contribution >= 4 is 0 Å². The predicted molar refractivity (Wildman–Crippen MR) is 54.6 cm³/mol. The largest absolute Gasteiger partial charge is 0.388 e. The maximum Gasteiger partial charge on any atom is 0.186 e. The van der Waals surface area contributed by atoms with Gasteiger partial charge in [-0.1, -0.05) is 0 Å². The van der Waals surface area contributed by atoms with Crippen molar-refractivity contribution < 1.29 is 24.1 Å². The minimum Gasteiger partial charge on any atom is -0.388 e. The van der Waals surface area contributed by atoms with Crippen molar-refractivity contribution in [2.24, 2.45) is 5.73 Å². The van der Waals surface area contributed by atoms with Crippen LogP contribution in [-0.4, -0.2) is 55.3 Å². The molecule has 16 heavy (non-hydrogen) atoms. The van der Waals surface area contributed by atoms with Crippen molar-refractivity contribution in [2.75, 3.05) is 13.7 Å². The van der Waals surface area contributed by atoms with Gasteiger partial charge in [-0.2, -0.15) is 0 Å². The zero-order chi connectivity index (χ0) is 11.9. The molecule has 2 heterocycles. The molecular formula is C10H19NO5. The lowest BCUT2D eigenvalue weighted by atomic mass is 9.99. The number of methoxy groups -OCH3 is 1. The van der Waals surface area contributed by atoms with Crippen molar-refractivity contribution in [1.29, 1.82) is 0 Å². The number of aliphatic hydroxyl groups is 1. The fourth-order valence-corrected chi connectivity index (χ4v) is 2.22. The highest BCUT2D eigenvalue weighted by atomic mass is 16.8. The van der Waals surface area contributed by atoms with E-state index in [1.165, 1.54) is 7.11 Å². The van der Waals surface area contributed by atoms with E-state index in [4.69, 9.17) is 24.7 Å². The van der Waals surface area contributed by atoms with Gasteiger partial charge in [-0.15, -0.1) is 0 Å². The molecule has 2 saturated heterocycles. The van der Waals surface area contributed by atoms with E-state index in [-0.39, 0.29) is 6.54 Å². The van der Waals surface area contributed by atoms with Crippen molar-refractivity contribution in [3.63, 3.8) is 0 Å². The second-order valence-corrected chi connectivity index (χ2v) is 4.57. The van der Waals surface area contributed by atoms with E-state index >= 15 is 0 Å². The topological polar surface area (TPSA) is 83.2 Å². The Morgan fingerprint density at radius 2 is 1.94 bits per heavy atom. The maximum absolute atomic E-state index is 10.0. The Kier molecular flexibility index (Phi) is 3.22. The van der Waals surface area contributed by atoms with Crippen LogP contribution in [0.4, 0.5) is 0 Å². The maximum atomic E-state index is 10.0. The van der Waals surface area contributed by atoms with Crippen LogP contribution in [0.3, 0.4) is 0 Å². The third-order valence-corrected chi connectivity index (χ3v) is 2.92. The number of nitrogens with two attached hydrogens (primary N) is 1. The van der Waals surface area contributed by atoms with Crippen LogP contribution in [0.15, 0.2) is 0 Å². The standard InChI is InChI=1S/C10H19NO5/c1-10(2)15-7-6(12)5(4-11)14-9(13-3)8(7)16-10/h5-9,12H,4,11H2,1-3H3/t5?,6-,7?,8-,9-/m0/s1. The van der Waals surface area contributed by atoms with Crippen molar-refractivity contribution in [1.82, 2.24) is 0 Å². The Balaban J connectivity index is 2.18. The first-order valence-electron chi connectivity index (χ1n) is 5.40. The van der Waals surface area contributed by atoms with Gasteiger partial charge in [0.1, 0.15) is 24.4 Å². The molecule has 0 aromatic heterocycles. The van der Waals surface area contributed by atoms with Crippen molar-refractivity contribution in [3.05, 3.63) is 0 Å². The Labute approximate surface area is 94.6 Å². The summed E-state index contributed by atoms with van der Waals surface area (Å²) in [5, 5.41) is 10.0. The molecule has 0 spiro atoms. The molecular weight excluding hydrogens is 214 g/mol. The molecule has 2 aliphatic rings. The molecule has 2 rings (SSSR count). The molecule has 0 saturated carbocycles. The zero-order valence-corrected chi connectivity index (χ0v) is 9.75. The summed E-state index contributed by atoms with van der Waals surface area (Å²) >= 11 is 0. The van der Waals surface area contributed by atoms with Gasteiger partial charge < -0.3 is 29.8 Å². The van der Waals surface area contributed by atoms with Gasteiger partial charge in [0.2, 0.25) is 0 Å².